The molecule has 0 bridgehead atoms. The van der Waals surface area contributed by atoms with Gasteiger partial charge in [-0.25, -0.2) is 0 Å². The lowest BCUT2D eigenvalue weighted by atomic mass is 10.1. The SMILES string of the molecule is Cc1nn(C)c(C)c1CCC(=O)NC(C)C. The second kappa shape index (κ2) is 5.14. The van der Waals surface area contributed by atoms with Crippen LogP contribution in [0.2, 0.25) is 0 Å². The van der Waals surface area contributed by atoms with Crippen molar-refractivity contribution >= 4 is 5.91 Å². The first kappa shape index (κ1) is 12.7. The largest absolute Gasteiger partial charge is 0.354 e. The van der Waals surface area contributed by atoms with Crippen LogP contribution in [0.5, 0.6) is 0 Å². The van der Waals surface area contributed by atoms with Crippen LogP contribution >= 0.6 is 0 Å². The molecule has 1 rings (SSSR count). The van der Waals surface area contributed by atoms with Crippen LogP contribution in [-0.4, -0.2) is 21.7 Å². The highest BCUT2D eigenvalue weighted by Crippen LogP contribution is 2.13. The Morgan fingerprint density at radius 2 is 2.06 bits per heavy atom. The molecule has 16 heavy (non-hydrogen) atoms. The van der Waals surface area contributed by atoms with Gasteiger partial charge >= 0.3 is 0 Å². The maximum absolute atomic E-state index is 11.5. The molecule has 0 radical (unpaired) electrons. The quantitative estimate of drug-likeness (QED) is 0.840. The minimum atomic E-state index is 0.109. The first-order chi connectivity index (χ1) is 7.41. The molecule has 0 spiro atoms. The third-order valence-corrected chi connectivity index (χ3v) is 2.71. The lowest BCUT2D eigenvalue weighted by Gasteiger charge is -2.08. The standard InChI is InChI=1S/C12H21N3O/c1-8(2)13-12(16)7-6-11-9(3)14-15(5)10(11)4/h8H,6-7H2,1-5H3,(H,13,16). The number of rotatable bonds is 4. The fourth-order valence-electron chi connectivity index (χ4n) is 1.81. The maximum Gasteiger partial charge on any atom is 0.220 e. The Labute approximate surface area is 97.0 Å². The van der Waals surface area contributed by atoms with Crippen molar-refractivity contribution in [3.63, 3.8) is 0 Å². The number of nitrogens with zero attached hydrogens (tertiary/aromatic N) is 2. The second-order valence-electron chi connectivity index (χ2n) is 4.50. The molecule has 0 saturated carbocycles. The lowest BCUT2D eigenvalue weighted by Crippen LogP contribution is -2.30. The van der Waals surface area contributed by atoms with E-state index in [4.69, 9.17) is 0 Å². The number of aromatic nitrogens is 2. The summed E-state index contributed by atoms with van der Waals surface area (Å²) in [6, 6.07) is 0.212. The molecule has 0 aliphatic carbocycles. The Morgan fingerprint density at radius 1 is 1.44 bits per heavy atom. The summed E-state index contributed by atoms with van der Waals surface area (Å²) in [6.45, 7) is 7.97. The summed E-state index contributed by atoms with van der Waals surface area (Å²) in [5, 5.41) is 7.23. The Balaban J connectivity index is 2.58. The molecular formula is C12H21N3O. The zero-order valence-electron chi connectivity index (χ0n) is 10.8. The molecule has 1 heterocycles. The van der Waals surface area contributed by atoms with Gasteiger partial charge in [-0.2, -0.15) is 5.10 Å². The molecule has 1 N–H and O–H groups in total. The summed E-state index contributed by atoms with van der Waals surface area (Å²) < 4.78 is 1.87. The average molecular weight is 223 g/mol. The van der Waals surface area contributed by atoms with Crippen LogP contribution in [0.1, 0.15) is 37.2 Å². The van der Waals surface area contributed by atoms with Gasteiger partial charge in [0.05, 0.1) is 5.69 Å². The van der Waals surface area contributed by atoms with Crippen LogP contribution in [0, 0.1) is 13.8 Å². The maximum atomic E-state index is 11.5. The van der Waals surface area contributed by atoms with E-state index in [-0.39, 0.29) is 11.9 Å². The minimum absolute atomic E-state index is 0.109. The molecule has 1 aromatic rings. The molecule has 0 unspecified atom stereocenters. The Kier molecular flexibility index (Phi) is 4.10. The molecule has 0 atom stereocenters. The van der Waals surface area contributed by atoms with Crippen LogP contribution in [-0.2, 0) is 18.3 Å². The van der Waals surface area contributed by atoms with E-state index in [1.54, 1.807) is 0 Å². The van der Waals surface area contributed by atoms with Crippen LogP contribution < -0.4 is 5.32 Å². The Hall–Kier alpha value is -1.32. The first-order valence-corrected chi connectivity index (χ1v) is 5.70. The number of carbonyl (C=O) groups is 1. The van der Waals surface area contributed by atoms with E-state index in [1.165, 1.54) is 5.56 Å². The summed E-state index contributed by atoms with van der Waals surface area (Å²) in [7, 11) is 1.93. The Bertz CT molecular complexity index is 380. The van der Waals surface area contributed by atoms with Crippen molar-refractivity contribution in [1.29, 1.82) is 0 Å². The van der Waals surface area contributed by atoms with Gasteiger partial charge < -0.3 is 5.32 Å². The van der Waals surface area contributed by atoms with Gasteiger partial charge in [0.15, 0.2) is 0 Å². The minimum Gasteiger partial charge on any atom is -0.354 e. The molecule has 0 aromatic carbocycles. The third kappa shape index (κ3) is 3.08. The average Bonchev–Trinajstić information content (AvgIpc) is 2.38. The second-order valence-corrected chi connectivity index (χ2v) is 4.50. The molecule has 90 valence electrons. The van der Waals surface area contributed by atoms with Gasteiger partial charge in [-0.05, 0) is 39.7 Å². The molecule has 1 aromatic heterocycles. The smallest absolute Gasteiger partial charge is 0.220 e. The highest BCUT2D eigenvalue weighted by Gasteiger charge is 2.11. The van der Waals surface area contributed by atoms with Gasteiger partial charge in [0, 0.05) is 25.2 Å². The molecule has 0 aliphatic rings. The molecule has 0 fully saturated rings. The topological polar surface area (TPSA) is 46.9 Å². The van der Waals surface area contributed by atoms with Crippen molar-refractivity contribution in [3.05, 3.63) is 17.0 Å². The summed E-state index contributed by atoms with van der Waals surface area (Å²) >= 11 is 0. The van der Waals surface area contributed by atoms with E-state index in [2.05, 4.69) is 10.4 Å². The number of nitrogens with one attached hydrogen (secondary N) is 1. The number of aryl methyl sites for hydroxylation is 2. The van der Waals surface area contributed by atoms with Gasteiger partial charge in [-0.1, -0.05) is 0 Å². The summed E-state index contributed by atoms with van der Waals surface area (Å²) in [6.07, 6.45) is 1.30. The molecule has 4 heteroatoms. The fourth-order valence-corrected chi connectivity index (χ4v) is 1.81. The van der Waals surface area contributed by atoms with E-state index in [9.17, 15) is 4.79 Å². The van der Waals surface area contributed by atoms with Crippen molar-refractivity contribution in [2.75, 3.05) is 0 Å². The normalized spacial score (nSPS) is 10.9. The Morgan fingerprint density at radius 3 is 2.50 bits per heavy atom. The van der Waals surface area contributed by atoms with E-state index >= 15 is 0 Å². The number of hydrogen-bond acceptors (Lipinski definition) is 2. The molecule has 1 amide bonds. The van der Waals surface area contributed by atoms with Crippen LogP contribution in [0.15, 0.2) is 0 Å². The van der Waals surface area contributed by atoms with Crippen LogP contribution in [0.25, 0.3) is 0 Å². The highest BCUT2D eigenvalue weighted by molar-refractivity contribution is 5.76. The summed E-state index contributed by atoms with van der Waals surface area (Å²) in [5.41, 5.74) is 3.37. The summed E-state index contributed by atoms with van der Waals surface area (Å²) in [4.78, 5) is 11.5. The van der Waals surface area contributed by atoms with E-state index in [0.717, 1.165) is 17.8 Å². The molecular weight excluding hydrogens is 202 g/mol. The number of amides is 1. The third-order valence-electron chi connectivity index (χ3n) is 2.71. The van der Waals surface area contributed by atoms with Crippen LogP contribution in [0.3, 0.4) is 0 Å². The molecule has 4 nitrogen and oxygen atoms in total. The van der Waals surface area contributed by atoms with Crippen molar-refractivity contribution in [2.24, 2.45) is 7.05 Å². The zero-order valence-corrected chi connectivity index (χ0v) is 10.8. The van der Waals surface area contributed by atoms with Gasteiger partial charge in [-0.15, -0.1) is 0 Å². The lowest BCUT2D eigenvalue weighted by molar-refractivity contribution is -0.121. The number of carbonyl (C=O) groups excluding carboxylic acids is 1. The van der Waals surface area contributed by atoms with E-state index in [1.807, 2.05) is 39.4 Å². The highest BCUT2D eigenvalue weighted by atomic mass is 16.1. The predicted molar refractivity (Wildman–Crippen MR) is 64.3 cm³/mol. The van der Waals surface area contributed by atoms with E-state index in [0.29, 0.717) is 6.42 Å². The van der Waals surface area contributed by atoms with Crippen molar-refractivity contribution in [2.45, 2.75) is 46.6 Å². The van der Waals surface area contributed by atoms with Gasteiger partial charge in [-0.3, -0.25) is 9.48 Å². The van der Waals surface area contributed by atoms with E-state index < -0.39 is 0 Å². The monoisotopic (exact) mass is 223 g/mol. The molecule has 0 aliphatic heterocycles. The first-order valence-electron chi connectivity index (χ1n) is 5.70. The van der Waals surface area contributed by atoms with Crippen molar-refractivity contribution < 1.29 is 4.79 Å². The number of hydrogen-bond donors (Lipinski definition) is 1. The summed E-state index contributed by atoms with van der Waals surface area (Å²) in [5.74, 6) is 0.109. The van der Waals surface area contributed by atoms with Crippen LogP contribution in [0.4, 0.5) is 0 Å². The van der Waals surface area contributed by atoms with Gasteiger partial charge in [0.25, 0.3) is 0 Å². The predicted octanol–water partition coefficient (Wildman–Crippen LogP) is 1.49. The van der Waals surface area contributed by atoms with Gasteiger partial charge in [0.2, 0.25) is 5.91 Å². The zero-order chi connectivity index (χ0) is 12.3. The molecule has 0 saturated heterocycles. The van der Waals surface area contributed by atoms with Crippen molar-refractivity contribution in [3.8, 4) is 0 Å². The van der Waals surface area contributed by atoms with Gasteiger partial charge in [0.1, 0.15) is 0 Å². The van der Waals surface area contributed by atoms with Crippen molar-refractivity contribution in [1.82, 2.24) is 15.1 Å². The fraction of sp³-hybridized carbons (Fsp3) is 0.667.